The quantitative estimate of drug-likeness (QED) is 0.560. The topological polar surface area (TPSA) is 117 Å². The van der Waals surface area contributed by atoms with Gasteiger partial charge in [0.1, 0.15) is 29.5 Å². The van der Waals surface area contributed by atoms with Gasteiger partial charge in [-0.05, 0) is 19.0 Å². The first kappa shape index (κ1) is 12.7. The van der Waals surface area contributed by atoms with Crippen molar-refractivity contribution in [3.8, 4) is 5.88 Å². The number of ether oxygens (including phenoxy) is 2. The van der Waals surface area contributed by atoms with Crippen LogP contribution in [0.5, 0.6) is 5.88 Å². The zero-order valence-corrected chi connectivity index (χ0v) is 10.5. The van der Waals surface area contributed by atoms with Crippen molar-refractivity contribution in [3.63, 3.8) is 0 Å². The Morgan fingerprint density at radius 1 is 1.42 bits per heavy atom. The highest BCUT2D eigenvalue weighted by molar-refractivity contribution is 5.55. The van der Waals surface area contributed by atoms with E-state index in [2.05, 4.69) is 10.5 Å². The molecule has 0 amide bonds. The zero-order valence-electron chi connectivity index (χ0n) is 10.5. The average molecular weight is 272 g/mol. The second kappa shape index (κ2) is 4.07. The monoisotopic (exact) mass is 272 g/mol. The van der Waals surface area contributed by atoms with Gasteiger partial charge in [-0.2, -0.15) is 0 Å². The summed E-state index contributed by atoms with van der Waals surface area (Å²) in [6, 6.07) is -0.727. The van der Waals surface area contributed by atoms with Crippen LogP contribution in [0.4, 0.5) is 5.69 Å². The number of fused-ring (bicyclic) bond motifs is 2. The summed E-state index contributed by atoms with van der Waals surface area (Å²) in [6.07, 6.45) is -2.90. The molecule has 0 aromatic carbocycles. The van der Waals surface area contributed by atoms with Crippen LogP contribution in [0.25, 0.3) is 0 Å². The van der Waals surface area contributed by atoms with Crippen molar-refractivity contribution in [3.05, 3.63) is 5.76 Å². The Hall–Kier alpha value is -1.35. The number of aryl methyl sites for hydroxylation is 1. The summed E-state index contributed by atoms with van der Waals surface area (Å²) in [5.41, 5.74) is -0.660. The molecule has 4 N–H and O–H groups in total. The van der Waals surface area contributed by atoms with Crippen molar-refractivity contribution < 1.29 is 29.3 Å². The SMILES string of the molecule is Cc1onc(O)c1N[C@H]1[C@H]2OC[C@](C)(O2)[C@H](O)[C@@H]1O. The lowest BCUT2D eigenvalue weighted by atomic mass is 9.89. The maximum absolute atomic E-state index is 10.2. The van der Waals surface area contributed by atoms with Crippen LogP contribution in [0.15, 0.2) is 4.52 Å². The number of hydrogen-bond donors (Lipinski definition) is 4. The number of hydrogen-bond acceptors (Lipinski definition) is 8. The molecule has 0 saturated carbocycles. The van der Waals surface area contributed by atoms with Crippen molar-refractivity contribution in [2.45, 2.75) is 44.0 Å². The van der Waals surface area contributed by atoms with Crippen molar-refractivity contribution in [2.75, 3.05) is 11.9 Å². The minimum atomic E-state index is -1.10. The minimum Gasteiger partial charge on any atom is -0.490 e. The molecule has 3 heterocycles. The molecule has 0 radical (unpaired) electrons. The number of nitrogens with one attached hydrogen (secondary N) is 1. The summed E-state index contributed by atoms with van der Waals surface area (Å²) in [6.45, 7) is 3.49. The molecule has 5 atom stereocenters. The first-order chi connectivity index (χ1) is 8.92. The van der Waals surface area contributed by atoms with Crippen LogP contribution in [0.1, 0.15) is 12.7 Å². The van der Waals surface area contributed by atoms with Gasteiger partial charge in [0.2, 0.25) is 0 Å². The van der Waals surface area contributed by atoms with Crippen molar-refractivity contribution >= 4 is 5.69 Å². The van der Waals surface area contributed by atoms with E-state index in [4.69, 9.17) is 14.0 Å². The molecule has 0 unspecified atom stereocenters. The van der Waals surface area contributed by atoms with E-state index in [1.165, 1.54) is 0 Å². The maximum atomic E-state index is 10.2. The number of anilines is 1. The van der Waals surface area contributed by atoms with Gasteiger partial charge < -0.3 is 34.6 Å². The fourth-order valence-corrected chi connectivity index (χ4v) is 2.48. The molecule has 19 heavy (non-hydrogen) atoms. The Morgan fingerprint density at radius 3 is 2.79 bits per heavy atom. The second-order valence-corrected chi connectivity index (χ2v) is 5.15. The molecule has 3 rings (SSSR count). The molecule has 2 fully saturated rings. The number of aromatic hydroxyl groups is 1. The third-order valence-electron chi connectivity index (χ3n) is 3.69. The van der Waals surface area contributed by atoms with Gasteiger partial charge in [-0.15, -0.1) is 0 Å². The molecule has 2 bridgehead atoms. The summed E-state index contributed by atoms with van der Waals surface area (Å²) in [7, 11) is 0. The molecule has 2 saturated heterocycles. The third-order valence-corrected chi connectivity index (χ3v) is 3.69. The van der Waals surface area contributed by atoms with Crippen LogP contribution in [0, 0.1) is 6.92 Å². The molecule has 0 aliphatic carbocycles. The van der Waals surface area contributed by atoms with Gasteiger partial charge in [0.25, 0.3) is 5.88 Å². The fourth-order valence-electron chi connectivity index (χ4n) is 2.48. The number of aromatic nitrogens is 1. The summed E-state index contributed by atoms with van der Waals surface area (Å²) >= 11 is 0. The maximum Gasteiger partial charge on any atom is 0.275 e. The molecular formula is C11H16N2O6. The number of nitrogens with zero attached hydrogens (tertiary/aromatic N) is 1. The molecule has 0 spiro atoms. The molecule has 2 aliphatic heterocycles. The first-order valence-electron chi connectivity index (χ1n) is 6.00. The van der Waals surface area contributed by atoms with Crippen LogP contribution in [-0.2, 0) is 9.47 Å². The molecule has 1 aromatic rings. The van der Waals surface area contributed by atoms with E-state index in [0.717, 1.165) is 0 Å². The first-order valence-corrected chi connectivity index (χ1v) is 6.00. The average Bonchev–Trinajstić information content (AvgIpc) is 2.88. The Balaban J connectivity index is 1.85. The van der Waals surface area contributed by atoms with E-state index in [1.54, 1.807) is 13.8 Å². The molecular weight excluding hydrogens is 256 g/mol. The van der Waals surface area contributed by atoms with Gasteiger partial charge in [-0.3, -0.25) is 0 Å². The van der Waals surface area contributed by atoms with E-state index in [1.807, 2.05) is 0 Å². The van der Waals surface area contributed by atoms with Crippen molar-refractivity contribution in [1.82, 2.24) is 5.16 Å². The van der Waals surface area contributed by atoms with Crippen LogP contribution in [0.3, 0.4) is 0 Å². The minimum absolute atomic E-state index is 0.197. The van der Waals surface area contributed by atoms with Crippen LogP contribution in [-0.4, -0.2) is 57.2 Å². The highest BCUT2D eigenvalue weighted by Crippen LogP contribution is 2.38. The predicted molar refractivity (Wildman–Crippen MR) is 61.6 cm³/mol. The number of rotatable bonds is 2. The lowest BCUT2D eigenvalue weighted by molar-refractivity contribution is -0.208. The van der Waals surface area contributed by atoms with Crippen LogP contribution >= 0.6 is 0 Å². The van der Waals surface area contributed by atoms with Crippen LogP contribution in [0.2, 0.25) is 0 Å². The summed E-state index contributed by atoms with van der Waals surface area (Å²) < 4.78 is 15.8. The van der Waals surface area contributed by atoms with Crippen LogP contribution < -0.4 is 5.32 Å². The largest absolute Gasteiger partial charge is 0.490 e. The van der Waals surface area contributed by atoms with Crippen molar-refractivity contribution in [2.24, 2.45) is 0 Å². The van der Waals surface area contributed by atoms with E-state index >= 15 is 0 Å². The Labute approximate surface area is 108 Å². The Morgan fingerprint density at radius 2 is 2.16 bits per heavy atom. The number of aliphatic hydroxyl groups is 2. The van der Waals surface area contributed by atoms with E-state index in [0.29, 0.717) is 5.76 Å². The van der Waals surface area contributed by atoms with Crippen molar-refractivity contribution in [1.29, 1.82) is 0 Å². The molecule has 1 aromatic heterocycles. The third kappa shape index (κ3) is 1.79. The normalized spacial score (nSPS) is 41.5. The number of aliphatic hydroxyl groups excluding tert-OH is 2. The highest BCUT2D eigenvalue weighted by Gasteiger charge is 2.56. The molecule has 8 nitrogen and oxygen atoms in total. The Bertz CT molecular complexity index is 472. The van der Waals surface area contributed by atoms with Gasteiger partial charge in [0, 0.05) is 0 Å². The predicted octanol–water partition coefficient (Wildman–Crippen LogP) is -0.664. The standard InChI is InChI=1S/C11H16N2O6/c1-4-5(9(16)13-19-4)12-6-7(14)8(15)11(2)3-17-10(6)18-11/h6-8,10,12,14-15H,3H2,1-2H3,(H,13,16)/t6-,7-,8-,10+,11+/m1/s1. The van der Waals surface area contributed by atoms with E-state index in [9.17, 15) is 15.3 Å². The lowest BCUT2D eigenvalue weighted by Gasteiger charge is -2.41. The lowest BCUT2D eigenvalue weighted by Crippen LogP contribution is -2.61. The Kier molecular flexibility index (Phi) is 2.72. The smallest absolute Gasteiger partial charge is 0.275 e. The van der Waals surface area contributed by atoms with Gasteiger partial charge in [0.05, 0.1) is 6.61 Å². The molecule has 106 valence electrons. The van der Waals surface area contributed by atoms with Gasteiger partial charge in [-0.1, -0.05) is 0 Å². The zero-order chi connectivity index (χ0) is 13.8. The second-order valence-electron chi connectivity index (χ2n) is 5.15. The molecule has 8 heteroatoms. The summed E-state index contributed by atoms with van der Waals surface area (Å²) in [4.78, 5) is 0. The van der Waals surface area contributed by atoms with Gasteiger partial charge in [-0.25, -0.2) is 0 Å². The van der Waals surface area contributed by atoms with Gasteiger partial charge >= 0.3 is 0 Å². The van der Waals surface area contributed by atoms with Gasteiger partial charge in [0.15, 0.2) is 12.1 Å². The fraction of sp³-hybridized carbons (Fsp3) is 0.727. The van der Waals surface area contributed by atoms with E-state index < -0.39 is 30.1 Å². The summed E-state index contributed by atoms with van der Waals surface area (Å²) in [5.74, 6) is 0.0519. The summed E-state index contributed by atoms with van der Waals surface area (Å²) in [5, 5.41) is 36.0. The molecule has 2 aliphatic rings. The van der Waals surface area contributed by atoms with E-state index in [-0.39, 0.29) is 18.2 Å². The highest BCUT2D eigenvalue weighted by atomic mass is 16.7.